The van der Waals surface area contributed by atoms with E-state index < -0.39 is 6.04 Å². The van der Waals surface area contributed by atoms with E-state index in [9.17, 15) is 4.79 Å². The van der Waals surface area contributed by atoms with E-state index in [1.165, 1.54) is 36.9 Å². The molecule has 0 saturated carbocycles. The monoisotopic (exact) mass is 325 g/mol. The second kappa shape index (κ2) is 9.13. The number of nitrogens with two attached hydrogens (primary N) is 1. The molecule has 22 heavy (non-hydrogen) atoms. The molecule has 0 aliphatic carbocycles. The summed E-state index contributed by atoms with van der Waals surface area (Å²) in [6.07, 6.45) is 3.90. The van der Waals surface area contributed by atoms with Crippen molar-refractivity contribution in [1.82, 2.24) is 10.2 Å². The predicted molar refractivity (Wildman–Crippen MR) is 92.9 cm³/mol. The third-order valence-corrected chi connectivity index (χ3v) is 4.30. The van der Waals surface area contributed by atoms with Gasteiger partial charge in [-0.2, -0.15) is 0 Å². The first-order valence-electron chi connectivity index (χ1n) is 7.92. The second-order valence-electron chi connectivity index (χ2n) is 6.09. The third kappa shape index (κ3) is 5.27. The van der Waals surface area contributed by atoms with Crippen LogP contribution in [-0.2, 0) is 17.9 Å². The van der Waals surface area contributed by atoms with Crippen LogP contribution in [-0.4, -0.2) is 29.4 Å². The quantitative estimate of drug-likeness (QED) is 0.874. The van der Waals surface area contributed by atoms with Gasteiger partial charge in [-0.1, -0.05) is 30.7 Å². The number of carbonyl (C=O) groups excluding carboxylic acids is 1. The Hall–Kier alpha value is -1.10. The maximum Gasteiger partial charge on any atom is 0.236 e. The van der Waals surface area contributed by atoms with Gasteiger partial charge in [0.15, 0.2) is 0 Å². The Kier molecular flexibility index (Phi) is 7.87. The van der Waals surface area contributed by atoms with Crippen LogP contribution in [0, 0.1) is 0 Å². The summed E-state index contributed by atoms with van der Waals surface area (Å²) in [5, 5.41) is 2.90. The van der Waals surface area contributed by atoms with Crippen molar-refractivity contribution in [2.45, 2.75) is 58.3 Å². The predicted octanol–water partition coefficient (Wildman–Crippen LogP) is 2.45. The van der Waals surface area contributed by atoms with Crippen molar-refractivity contribution in [1.29, 1.82) is 0 Å². The molecule has 1 aromatic carbocycles. The number of benzene rings is 1. The van der Waals surface area contributed by atoms with Crippen LogP contribution >= 0.6 is 12.4 Å². The summed E-state index contributed by atoms with van der Waals surface area (Å²) in [4.78, 5) is 14.2. The summed E-state index contributed by atoms with van der Waals surface area (Å²) in [6.45, 7) is 6.70. The number of hydrogen-bond acceptors (Lipinski definition) is 3. The van der Waals surface area contributed by atoms with Gasteiger partial charge in [0.1, 0.15) is 0 Å². The van der Waals surface area contributed by atoms with Crippen LogP contribution in [0.1, 0.15) is 44.2 Å². The van der Waals surface area contributed by atoms with E-state index in [1.807, 2.05) is 6.07 Å². The van der Waals surface area contributed by atoms with Crippen molar-refractivity contribution in [2.24, 2.45) is 5.73 Å². The first-order chi connectivity index (χ1) is 10.1. The normalized spacial score (nSPS) is 20.0. The number of piperidine rings is 1. The van der Waals surface area contributed by atoms with Crippen LogP contribution in [0.5, 0.6) is 0 Å². The number of rotatable bonds is 5. The molecule has 1 saturated heterocycles. The van der Waals surface area contributed by atoms with Crippen molar-refractivity contribution < 1.29 is 4.79 Å². The Morgan fingerprint density at radius 1 is 1.36 bits per heavy atom. The number of amides is 1. The Morgan fingerprint density at radius 3 is 2.68 bits per heavy atom. The molecule has 124 valence electrons. The molecule has 0 radical (unpaired) electrons. The molecule has 2 rings (SSSR count). The molecule has 1 fully saturated rings. The highest BCUT2D eigenvalue weighted by Gasteiger charge is 2.19. The van der Waals surface area contributed by atoms with E-state index in [1.54, 1.807) is 6.92 Å². The van der Waals surface area contributed by atoms with Crippen molar-refractivity contribution in [3.8, 4) is 0 Å². The summed E-state index contributed by atoms with van der Waals surface area (Å²) < 4.78 is 0. The molecule has 1 amide bonds. The maximum atomic E-state index is 11.6. The smallest absolute Gasteiger partial charge is 0.236 e. The average molecular weight is 326 g/mol. The molecule has 3 N–H and O–H groups in total. The van der Waals surface area contributed by atoms with Crippen molar-refractivity contribution in [3.05, 3.63) is 35.4 Å². The lowest BCUT2D eigenvalue weighted by Crippen LogP contribution is -2.39. The number of likely N-dealkylation sites (tertiary alicyclic amines) is 1. The molecular formula is C17H28ClN3O. The molecule has 4 nitrogen and oxygen atoms in total. The van der Waals surface area contributed by atoms with Gasteiger partial charge in [-0.25, -0.2) is 0 Å². The zero-order valence-electron chi connectivity index (χ0n) is 13.5. The lowest BCUT2D eigenvalue weighted by atomic mass is 10.0. The standard InChI is InChI=1S/C17H27N3O.ClH/c1-13-7-5-6-10-20(13)12-16-9-4-3-8-15(16)11-19-17(21)14(2)18;/h3-4,8-9,13-14H,5-7,10-12,18H2,1-2H3,(H,19,21);1H. The van der Waals surface area contributed by atoms with Crippen LogP contribution in [0.2, 0.25) is 0 Å². The fraction of sp³-hybridized carbons (Fsp3) is 0.588. The zero-order chi connectivity index (χ0) is 15.2. The number of hydrogen-bond donors (Lipinski definition) is 2. The first kappa shape index (κ1) is 18.9. The summed E-state index contributed by atoms with van der Waals surface area (Å²) >= 11 is 0. The van der Waals surface area contributed by atoms with Gasteiger partial charge in [-0.05, 0) is 44.4 Å². The van der Waals surface area contributed by atoms with E-state index in [-0.39, 0.29) is 18.3 Å². The highest BCUT2D eigenvalue weighted by molar-refractivity contribution is 5.85. The van der Waals surface area contributed by atoms with Gasteiger partial charge in [0, 0.05) is 19.1 Å². The van der Waals surface area contributed by atoms with Gasteiger partial charge >= 0.3 is 0 Å². The average Bonchev–Trinajstić information content (AvgIpc) is 2.48. The van der Waals surface area contributed by atoms with Crippen LogP contribution in [0.4, 0.5) is 0 Å². The summed E-state index contributed by atoms with van der Waals surface area (Å²) in [5.74, 6) is -0.101. The highest BCUT2D eigenvalue weighted by Crippen LogP contribution is 2.20. The highest BCUT2D eigenvalue weighted by atomic mass is 35.5. The molecule has 5 heteroatoms. The number of carbonyl (C=O) groups is 1. The Labute approximate surface area is 139 Å². The number of halogens is 1. The lowest BCUT2D eigenvalue weighted by molar-refractivity contribution is -0.122. The van der Waals surface area contributed by atoms with Gasteiger partial charge < -0.3 is 11.1 Å². The topological polar surface area (TPSA) is 58.4 Å². The van der Waals surface area contributed by atoms with E-state index in [4.69, 9.17) is 5.73 Å². The molecule has 1 aromatic rings. The minimum Gasteiger partial charge on any atom is -0.351 e. The van der Waals surface area contributed by atoms with E-state index >= 15 is 0 Å². The summed E-state index contributed by atoms with van der Waals surface area (Å²) in [7, 11) is 0. The number of nitrogens with one attached hydrogen (secondary N) is 1. The maximum absolute atomic E-state index is 11.6. The molecule has 0 bridgehead atoms. The van der Waals surface area contributed by atoms with Gasteiger partial charge in [-0.15, -0.1) is 12.4 Å². The Balaban J connectivity index is 0.00000242. The van der Waals surface area contributed by atoms with Crippen molar-refractivity contribution in [2.75, 3.05) is 6.54 Å². The number of nitrogens with zero attached hydrogens (tertiary/aromatic N) is 1. The molecule has 0 aromatic heterocycles. The fourth-order valence-electron chi connectivity index (χ4n) is 2.84. The van der Waals surface area contributed by atoms with Crippen molar-refractivity contribution in [3.63, 3.8) is 0 Å². The van der Waals surface area contributed by atoms with E-state index in [0.717, 1.165) is 6.54 Å². The second-order valence-corrected chi connectivity index (χ2v) is 6.09. The molecule has 1 aliphatic heterocycles. The van der Waals surface area contributed by atoms with E-state index in [0.29, 0.717) is 12.6 Å². The summed E-state index contributed by atoms with van der Waals surface area (Å²) in [6, 6.07) is 8.53. The van der Waals surface area contributed by atoms with Crippen LogP contribution in [0.25, 0.3) is 0 Å². The summed E-state index contributed by atoms with van der Waals surface area (Å²) in [5.41, 5.74) is 8.07. The molecule has 2 atom stereocenters. The zero-order valence-corrected chi connectivity index (χ0v) is 14.4. The van der Waals surface area contributed by atoms with Crippen molar-refractivity contribution >= 4 is 18.3 Å². The van der Waals surface area contributed by atoms with Gasteiger partial charge in [0.05, 0.1) is 6.04 Å². The Morgan fingerprint density at radius 2 is 2.05 bits per heavy atom. The van der Waals surface area contributed by atoms with Gasteiger partial charge in [0.25, 0.3) is 0 Å². The largest absolute Gasteiger partial charge is 0.351 e. The molecule has 1 heterocycles. The minimum absolute atomic E-state index is 0. The van der Waals surface area contributed by atoms with Crippen LogP contribution in [0.15, 0.2) is 24.3 Å². The lowest BCUT2D eigenvalue weighted by Gasteiger charge is -2.33. The SMILES string of the molecule is CC(N)C(=O)NCc1ccccc1CN1CCCCC1C.Cl. The first-order valence-corrected chi connectivity index (χ1v) is 7.92. The minimum atomic E-state index is -0.459. The van der Waals surface area contributed by atoms with Gasteiger partial charge in [-0.3, -0.25) is 9.69 Å². The molecular weight excluding hydrogens is 298 g/mol. The van der Waals surface area contributed by atoms with Crippen LogP contribution < -0.4 is 11.1 Å². The Bertz CT molecular complexity index is 479. The van der Waals surface area contributed by atoms with Gasteiger partial charge in [0.2, 0.25) is 5.91 Å². The third-order valence-electron chi connectivity index (χ3n) is 4.30. The molecule has 2 unspecified atom stereocenters. The fourth-order valence-corrected chi connectivity index (χ4v) is 2.84. The molecule has 1 aliphatic rings. The molecule has 0 spiro atoms. The van der Waals surface area contributed by atoms with E-state index in [2.05, 4.69) is 35.3 Å². The van der Waals surface area contributed by atoms with Crippen LogP contribution in [0.3, 0.4) is 0 Å².